The molecule has 2 heterocycles. The van der Waals surface area contributed by atoms with Crippen molar-refractivity contribution in [3.63, 3.8) is 0 Å². The van der Waals surface area contributed by atoms with Gasteiger partial charge in [-0.2, -0.15) is 0 Å². The maximum Gasteiger partial charge on any atom is 0.128 e. The van der Waals surface area contributed by atoms with Gasteiger partial charge in [-0.3, -0.25) is 4.90 Å². The van der Waals surface area contributed by atoms with Gasteiger partial charge in [-0.15, -0.1) is 0 Å². The first-order valence-electron chi connectivity index (χ1n) is 8.30. The maximum atomic E-state index is 5.69. The van der Waals surface area contributed by atoms with Gasteiger partial charge in [-0.25, -0.2) is 4.98 Å². The van der Waals surface area contributed by atoms with E-state index in [1.165, 1.54) is 31.5 Å². The van der Waals surface area contributed by atoms with E-state index in [4.69, 9.17) is 10.5 Å². The standard InChI is InChI=1S/C17H30N4O/c1-20(10-11-22-2)17-6-5-16(12-19-17)14-21-9-3-4-15(13-21)7-8-18/h5-6,12,15H,3-4,7-11,13-14,18H2,1-2H3. The number of nitrogens with zero attached hydrogens (tertiary/aromatic N) is 3. The van der Waals surface area contributed by atoms with Crippen molar-refractivity contribution in [2.75, 3.05) is 51.8 Å². The predicted molar refractivity (Wildman–Crippen MR) is 91.1 cm³/mol. The molecule has 1 aliphatic rings. The number of likely N-dealkylation sites (tertiary alicyclic amines) is 1. The van der Waals surface area contributed by atoms with E-state index in [1.807, 2.05) is 13.2 Å². The van der Waals surface area contributed by atoms with Crippen molar-refractivity contribution in [3.05, 3.63) is 23.9 Å². The highest BCUT2D eigenvalue weighted by Gasteiger charge is 2.19. The summed E-state index contributed by atoms with van der Waals surface area (Å²) in [4.78, 5) is 9.23. The van der Waals surface area contributed by atoms with Gasteiger partial charge in [0.2, 0.25) is 0 Å². The van der Waals surface area contributed by atoms with Crippen molar-refractivity contribution in [2.24, 2.45) is 11.7 Å². The van der Waals surface area contributed by atoms with E-state index >= 15 is 0 Å². The van der Waals surface area contributed by atoms with Crippen molar-refractivity contribution in [1.82, 2.24) is 9.88 Å². The van der Waals surface area contributed by atoms with E-state index in [2.05, 4.69) is 26.9 Å². The highest BCUT2D eigenvalue weighted by atomic mass is 16.5. The maximum absolute atomic E-state index is 5.69. The summed E-state index contributed by atoms with van der Waals surface area (Å²) in [6, 6.07) is 4.30. The van der Waals surface area contributed by atoms with Crippen LogP contribution in [0.15, 0.2) is 18.3 Å². The fourth-order valence-electron chi connectivity index (χ4n) is 3.10. The zero-order valence-electron chi connectivity index (χ0n) is 14.0. The van der Waals surface area contributed by atoms with Gasteiger partial charge in [0, 0.05) is 40.0 Å². The number of methoxy groups -OCH3 is 1. The summed E-state index contributed by atoms with van der Waals surface area (Å²) in [5.41, 5.74) is 6.98. The van der Waals surface area contributed by atoms with Gasteiger partial charge in [-0.05, 0) is 49.9 Å². The molecule has 0 spiro atoms. The van der Waals surface area contributed by atoms with E-state index in [0.29, 0.717) is 0 Å². The Labute approximate surface area is 134 Å². The average Bonchev–Trinajstić information content (AvgIpc) is 2.54. The number of likely N-dealkylation sites (N-methyl/N-ethyl adjacent to an activating group) is 1. The van der Waals surface area contributed by atoms with Crippen molar-refractivity contribution < 1.29 is 4.74 Å². The molecule has 5 heteroatoms. The van der Waals surface area contributed by atoms with Crippen LogP contribution in [0.3, 0.4) is 0 Å². The van der Waals surface area contributed by atoms with Crippen molar-refractivity contribution >= 4 is 5.82 Å². The lowest BCUT2D eigenvalue weighted by Gasteiger charge is -2.32. The minimum absolute atomic E-state index is 0.718. The Kier molecular flexibility index (Phi) is 7.09. The summed E-state index contributed by atoms with van der Waals surface area (Å²) in [5.74, 6) is 1.77. The Hall–Kier alpha value is -1.17. The second-order valence-corrected chi connectivity index (χ2v) is 6.26. The Balaban J connectivity index is 1.85. The number of rotatable bonds is 8. The molecule has 1 atom stereocenters. The molecule has 1 aliphatic heterocycles. The molecule has 124 valence electrons. The summed E-state index contributed by atoms with van der Waals surface area (Å²) < 4.78 is 5.10. The van der Waals surface area contributed by atoms with Gasteiger partial charge in [0.15, 0.2) is 0 Å². The highest BCUT2D eigenvalue weighted by molar-refractivity contribution is 5.38. The molecule has 22 heavy (non-hydrogen) atoms. The largest absolute Gasteiger partial charge is 0.383 e. The monoisotopic (exact) mass is 306 g/mol. The van der Waals surface area contributed by atoms with E-state index in [1.54, 1.807) is 7.11 Å². The Morgan fingerprint density at radius 3 is 3.00 bits per heavy atom. The molecule has 0 aromatic carbocycles. The highest BCUT2D eigenvalue weighted by Crippen LogP contribution is 2.21. The van der Waals surface area contributed by atoms with Crippen LogP contribution in [0.1, 0.15) is 24.8 Å². The van der Waals surface area contributed by atoms with Gasteiger partial charge >= 0.3 is 0 Å². The molecule has 0 radical (unpaired) electrons. The number of pyridine rings is 1. The number of anilines is 1. The zero-order chi connectivity index (χ0) is 15.8. The quantitative estimate of drug-likeness (QED) is 0.792. The first kappa shape index (κ1) is 17.2. The lowest BCUT2D eigenvalue weighted by molar-refractivity contribution is 0.163. The van der Waals surface area contributed by atoms with Gasteiger partial charge in [0.05, 0.1) is 6.61 Å². The minimum Gasteiger partial charge on any atom is -0.383 e. The Bertz CT molecular complexity index is 421. The van der Waals surface area contributed by atoms with Crippen molar-refractivity contribution in [3.8, 4) is 0 Å². The molecule has 1 aromatic heterocycles. The van der Waals surface area contributed by atoms with Gasteiger partial charge in [-0.1, -0.05) is 6.07 Å². The summed E-state index contributed by atoms with van der Waals surface area (Å²) >= 11 is 0. The summed E-state index contributed by atoms with van der Waals surface area (Å²) in [6.07, 6.45) is 5.77. The average molecular weight is 306 g/mol. The lowest BCUT2D eigenvalue weighted by Crippen LogP contribution is -2.35. The Morgan fingerprint density at radius 1 is 1.45 bits per heavy atom. The number of hydrogen-bond acceptors (Lipinski definition) is 5. The SMILES string of the molecule is COCCN(C)c1ccc(CN2CCCC(CCN)C2)cn1. The van der Waals surface area contributed by atoms with E-state index in [9.17, 15) is 0 Å². The first-order valence-corrected chi connectivity index (χ1v) is 8.30. The summed E-state index contributed by atoms with van der Waals surface area (Å²) in [6.45, 7) is 5.74. The van der Waals surface area contributed by atoms with Crippen molar-refractivity contribution in [1.29, 1.82) is 0 Å². The van der Waals surface area contributed by atoms with Gasteiger partial charge < -0.3 is 15.4 Å². The lowest BCUT2D eigenvalue weighted by atomic mass is 9.94. The molecular formula is C17H30N4O. The third kappa shape index (κ3) is 5.23. The van der Waals surface area contributed by atoms with Crippen LogP contribution >= 0.6 is 0 Å². The van der Waals surface area contributed by atoms with E-state index < -0.39 is 0 Å². The predicted octanol–water partition coefficient (Wildman–Crippen LogP) is 1.72. The topological polar surface area (TPSA) is 54.6 Å². The van der Waals surface area contributed by atoms with Crippen LogP contribution < -0.4 is 10.6 Å². The molecule has 0 bridgehead atoms. The third-order valence-electron chi connectivity index (χ3n) is 4.42. The molecule has 0 saturated carbocycles. The van der Waals surface area contributed by atoms with E-state index in [-0.39, 0.29) is 0 Å². The number of piperidine rings is 1. The third-order valence-corrected chi connectivity index (χ3v) is 4.42. The fourth-order valence-corrected chi connectivity index (χ4v) is 3.10. The number of aromatic nitrogens is 1. The van der Waals surface area contributed by atoms with Gasteiger partial charge in [0.25, 0.3) is 0 Å². The smallest absolute Gasteiger partial charge is 0.128 e. The molecular weight excluding hydrogens is 276 g/mol. The first-order chi connectivity index (χ1) is 10.7. The minimum atomic E-state index is 0.718. The zero-order valence-corrected chi connectivity index (χ0v) is 14.0. The number of nitrogens with two attached hydrogens (primary N) is 1. The molecule has 1 unspecified atom stereocenters. The number of hydrogen-bond donors (Lipinski definition) is 1. The molecule has 2 rings (SSSR count). The van der Waals surface area contributed by atoms with Gasteiger partial charge in [0.1, 0.15) is 5.82 Å². The van der Waals surface area contributed by atoms with Crippen LogP contribution in [-0.4, -0.2) is 56.8 Å². The molecule has 1 aromatic rings. The summed E-state index contributed by atoms with van der Waals surface area (Å²) in [5, 5.41) is 0. The van der Waals surface area contributed by atoms with Crippen molar-refractivity contribution in [2.45, 2.75) is 25.8 Å². The molecule has 0 amide bonds. The molecule has 2 N–H and O–H groups in total. The van der Waals surface area contributed by atoms with Crippen LogP contribution in [0.25, 0.3) is 0 Å². The van der Waals surface area contributed by atoms with Crippen LogP contribution in [-0.2, 0) is 11.3 Å². The normalized spacial score (nSPS) is 19.3. The second kappa shape index (κ2) is 9.08. The summed E-state index contributed by atoms with van der Waals surface area (Å²) in [7, 11) is 3.77. The van der Waals surface area contributed by atoms with Crippen LogP contribution in [0.5, 0.6) is 0 Å². The van der Waals surface area contributed by atoms with Crippen LogP contribution in [0.2, 0.25) is 0 Å². The molecule has 1 saturated heterocycles. The fraction of sp³-hybridized carbons (Fsp3) is 0.706. The molecule has 1 fully saturated rings. The van der Waals surface area contributed by atoms with E-state index in [0.717, 1.165) is 44.4 Å². The number of ether oxygens (including phenoxy) is 1. The molecule has 5 nitrogen and oxygen atoms in total. The second-order valence-electron chi connectivity index (χ2n) is 6.26. The van der Waals surface area contributed by atoms with Crippen LogP contribution in [0.4, 0.5) is 5.82 Å². The van der Waals surface area contributed by atoms with Crippen LogP contribution in [0, 0.1) is 5.92 Å². The molecule has 0 aliphatic carbocycles. The Morgan fingerprint density at radius 2 is 2.32 bits per heavy atom.